The molecular weight excluding hydrogens is 292 g/mol. The number of aromatic hydroxyl groups is 1. The molecular formula is C23H18O. The van der Waals surface area contributed by atoms with Crippen LogP contribution >= 0.6 is 0 Å². The van der Waals surface area contributed by atoms with Gasteiger partial charge >= 0.3 is 0 Å². The zero-order chi connectivity index (χ0) is 16.4. The number of hydrogen-bond acceptors (Lipinski definition) is 1. The minimum absolute atomic E-state index is 0.387. The van der Waals surface area contributed by atoms with E-state index in [2.05, 4.69) is 54.6 Å². The lowest BCUT2D eigenvalue weighted by Gasteiger charge is -2.10. The molecule has 4 aromatic carbocycles. The van der Waals surface area contributed by atoms with E-state index >= 15 is 0 Å². The van der Waals surface area contributed by atoms with Crippen molar-refractivity contribution in [2.75, 3.05) is 0 Å². The van der Waals surface area contributed by atoms with Crippen LogP contribution in [-0.2, 0) is 6.42 Å². The number of phenolic OH excluding ortho intramolecular Hbond substituents is 1. The van der Waals surface area contributed by atoms with Crippen LogP contribution in [0.15, 0.2) is 91.0 Å². The predicted octanol–water partition coefficient (Wildman–Crippen LogP) is 5.80. The minimum Gasteiger partial charge on any atom is -0.507 e. The van der Waals surface area contributed by atoms with Crippen molar-refractivity contribution in [3.8, 4) is 16.9 Å². The molecule has 0 atom stereocenters. The topological polar surface area (TPSA) is 20.2 Å². The molecule has 1 N–H and O–H groups in total. The van der Waals surface area contributed by atoms with Gasteiger partial charge in [-0.15, -0.1) is 0 Å². The highest BCUT2D eigenvalue weighted by Gasteiger charge is 2.07. The van der Waals surface area contributed by atoms with Crippen molar-refractivity contribution < 1.29 is 5.11 Å². The molecule has 0 saturated carbocycles. The van der Waals surface area contributed by atoms with E-state index in [9.17, 15) is 5.11 Å². The van der Waals surface area contributed by atoms with Crippen LogP contribution in [0, 0.1) is 0 Å². The highest BCUT2D eigenvalue weighted by atomic mass is 16.3. The van der Waals surface area contributed by atoms with Crippen molar-refractivity contribution in [1.29, 1.82) is 0 Å². The summed E-state index contributed by atoms with van der Waals surface area (Å²) in [4.78, 5) is 0. The van der Waals surface area contributed by atoms with Crippen molar-refractivity contribution in [3.63, 3.8) is 0 Å². The Labute approximate surface area is 141 Å². The number of phenols is 1. The van der Waals surface area contributed by atoms with E-state index < -0.39 is 0 Å². The average molecular weight is 310 g/mol. The Morgan fingerprint density at radius 2 is 1.38 bits per heavy atom. The maximum atomic E-state index is 10.6. The lowest BCUT2D eigenvalue weighted by molar-refractivity contribution is 0.476. The first-order valence-electron chi connectivity index (χ1n) is 8.15. The van der Waals surface area contributed by atoms with E-state index in [0.29, 0.717) is 5.75 Å². The summed E-state index contributed by atoms with van der Waals surface area (Å²) in [5.41, 5.74) is 4.57. The predicted molar refractivity (Wildman–Crippen MR) is 100 cm³/mol. The Bertz CT molecular complexity index is 987. The molecule has 4 aromatic rings. The molecule has 0 unspecified atom stereocenters. The van der Waals surface area contributed by atoms with E-state index in [1.54, 1.807) is 0 Å². The molecule has 4 rings (SSSR count). The molecule has 0 aliphatic heterocycles. The summed E-state index contributed by atoms with van der Waals surface area (Å²) in [6, 6.07) is 30.9. The fourth-order valence-corrected chi connectivity index (χ4v) is 3.15. The Hall–Kier alpha value is -3.06. The fourth-order valence-electron chi connectivity index (χ4n) is 3.15. The maximum Gasteiger partial charge on any atom is 0.126 e. The number of rotatable bonds is 3. The van der Waals surface area contributed by atoms with Gasteiger partial charge in [0.2, 0.25) is 0 Å². The van der Waals surface area contributed by atoms with Crippen LogP contribution < -0.4 is 0 Å². The molecule has 0 spiro atoms. The smallest absolute Gasteiger partial charge is 0.126 e. The molecule has 0 bridgehead atoms. The van der Waals surface area contributed by atoms with Crippen LogP contribution in [0.25, 0.3) is 21.9 Å². The fraction of sp³-hybridized carbons (Fsp3) is 0.0435. The van der Waals surface area contributed by atoms with Gasteiger partial charge in [-0.05, 0) is 27.6 Å². The van der Waals surface area contributed by atoms with E-state index in [-0.39, 0.29) is 0 Å². The van der Waals surface area contributed by atoms with Gasteiger partial charge in [-0.2, -0.15) is 0 Å². The highest BCUT2D eigenvalue weighted by molar-refractivity contribution is 5.89. The highest BCUT2D eigenvalue weighted by Crippen LogP contribution is 2.30. The van der Waals surface area contributed by atoms with Gasteiger partial charge in [-0.25, -0.2) is 0 Å². The van der Waals surface area contributed by atoms with E-state index in [1.165, 1.54) is 16.7 Å². The molecule has 0 fully saturated rings. The third kappa shape index (κ3) is 2.77. The summed E-state index contributed by atoms with van der Waals surface area (Å²) in [6.07, 6.45) is 0.720. The summed E-state index contributed by atoms with van der Waals surface area (Å²) < 4.78 is 0. The van der Waals surface area contributed by atoms with Crippen LogP contribution in [0.2, 0.25) is 0 Å². The molecule has 0 aliphatic rings. The summed E-state index contributed by atoms with van der Waals surface area (Å²) in [7, 11) is 0. The second-order valence-electron chi connectivity index (χ2n) is 6.04. The zero-order valence-electron chi connectivity index (χ0n) is 13.3. The molecule has 0 radical (unpaired) electrons. The second kappa shape index (κ2) is 6.21. The van der Waals surface area contributed by atoms with Gasteiger partial charge in [0.05, 0.1) is 0 Å². The summed E-state index contributed by atoms with van der Waals surface area (Å²) in [5.74, 6) is 0.387. The average Bonchev–Trinajstić information content (AvgIpc) is 2.65. The summed E-state index contributed by atoms with van der Waals surface area (Å²) in [5, 5.41) is 12.6. The van der Waals surface area contributed by atoms with Gasteiger partial charge in [0.15, 0.2) is 0 Å². The molecule has 0 aromatic heterocycles. The third-order valence-corrected chi connectivity index (χ3v) is 4.41. The monoisotopic (exact) mass is 310 g/mol. The van der Waals surface area contributed by atoms with Gasteiger partial charge in [0, 0.05) is 11.8 Å². The van der Waals surface area contributed by atoms with Gasteiger partial charge < -0.3 is 5.11 Å². The van der Waals surface area contributed by atoms with Crippen molar-refractivity contribution in [1.82, 2.24) is 0 Å². The van der Waals surface area contributed by atoms with Gasteiger partial charge in [-0.3, -0.25) is 0 Å². The van der Waals surface area contributed by atoms with E-state index in [4.69, 9.17) is 0 Å². The molecule has 0 aliphatic carbocycles. The lowest BCUT2D eigenvalue weighted by Crippen LogP contribution is -1.90. The Kier molecular flexibility index (Phi) is 3.76. The second-order valence-corrected chi connectivity index (χ2v) is 6.04. The molecule has 0 saturated heterocycles. The van der Waals surface area contributed by atoms with Crippen LogP contribution in [0.5, 0.6) is 5.75 Å². The number of hydrogen-bond donors (Lipinski definition) is 1. The van der Waals surface area contributed by atoms with Crippen LogP contribution in [-0.4, -0.2) is 5.11 Å². The molecule has 0 amide bonds. The largest absolute Gasteiger partial charge is 0.507 e. The Balaban J connectivity index is 1.70. The first-order chi connectivity index (χ1) is 11.8. The van der Waals surface area contributed by atoms with Crippen LogP contribution in [0.4, 0.5) is 0 Å². The first-order valence-corrected chi connectivity index (χ1v) is 8.15. The molecule has 24 heavy (non-hydrogen) atoms. The number of fused-ring (bicyclic) bond motifs is 1. The zero-order valence-corrected chi connectivity index (χ0v) is 13.3. The Morgan fingerprint density at radius 1 is 0.625 bits per heavy atom. The molecule has 116 valence electrons. The summed E-state index contributed by atoms with van der Waals surface area (Å²) >= 11 is 0. The van der Waals surface area contributed by atoms with Crippen LogP contribution in [0.1, 0.15) is 11.1 Å². The van der Waals surface area contributed by atoms with E-state index in [0.717, 1.165) is 22.8 Å². The van der Waals surface area contributed by atoms with Crippen molar-refractivity contribution in [3.05, 3.63) is 102 Å². The lowest BCUT2D eigenvalue weighted by atomic mass is 9.97. The quantitative estimate of drug-likeness (QED) is 0.507. The minimum atomic E-state index is 0.387. The standard InChI is InChI=1S/C23H18O/c24-23-21(14-13-19-10-4-5-12-22(19)23)16-17-7-6-11-20(15-17)18-8-2-1-3-9-18/h1-15,24H,16H2. The van der Waals surface area contributed by atoms with Crippen molar-refractivity contribution in [2.45, 2.75) is 6.42 Å². The third-order valence-electron chi connectivity index (χ3n) is 4.41. The van der Waals surface area contributed by atoms with E-state index in [1.807, 2.05) is 36.4 Å². The molecule has 0 heterocycles. The van der Waals surface area contributed by atoms with Crippen LogP contribution in [0.3, 0.4) is 0 Å². The maximum absolute atomic E-state index is 10.6. The SMILES string of the molecule is Oc1c(Cc2cccc(-c3ccccc3)c2)ccc2ccccc12. The van der Waals surface area contributed by atoms with Gasteiger partial charge in [-0.1, -0.05) is 91.0 Å². The van der Waals surface area contributed by atoms with Crippen molar-refractivity contribution >= 4 is 10.8 Å². The number of benzene rings is 4. The summed E-state index contributed by atoms with van der Waals surface area (Å²) in [6.45, 7) is 0. The van der Waals surface area contributed by atoms with Gasteiger partial charge in [0.25, 0.3) is 0 Å². The first kappa shape index (κ1) is 14.5. The van der Waals surface area contributed by atoms with Crippen molar-refractivity contribution in [2.24, 2.45) is 0 Å². The molecule has 1 heteroatoms. The normalized spacial score (nSPS) is 10.8. The molecule has 1 nitrogen and oxygen atoms in total. The Morgan fingerprint density at radius 3 is 2.25 bits per heavy atom. The van der Waals surface area contributed by atoms with Gasteiger partial charge in [0.1, 0.15) is 5.75 Å².